The van der Waals surface area contributed by atoms with E-state index in [-0.39, 0.29) is 5.69 Å². The second-order valence-corrected chi connectivity index (χ2v) is 2.87. The fraction of sp³-hybridized carbons (Fsp3) is 0.222. The molecule has 0 aromatic carbocycles. The molecule has 0 radical (unpaired) electrons. The van der Waals surface area contributed by atoms with Gasteiger partial charge in [-0.25, -0.2) is 9.78 Å². The molecule has 0 aliphatic carbocycles. The Hall–Kier alpha value is -2.11. The SMILES string of the molecule is CCn1nc(-c2ncco2)cc1C(=O)O. The molecule has 0 spiro atoms. The van der Waals surface area contributed by atoms with Crippen molar-refractivity contribution in [2.45, 2.75) is 13.5 Å². The van der Waals surface area contributed by atoms with Crippen molar-refractivity contribution in [3.05, 3.63) is 24.2 Å². The third-order valence-electron chi connectivity index (χ3n) is 1.95. The van der Waals surface area contributed by atoms with Crippen LogP contribution in [0.25, 0.3) is 11.6 Å². The van der Waals surface area contributed by atoms with Crippen LogP contribution in [0.15, 0.2) is 22.9 Å². The first-order valence-electron chi connectivity index (χ1n) is 4.43. The van der Waals surface area contributed by atoms with Crippen molar-refractivity contribution in [3.63, 3.8) is 0 Å². The molecule has 78 valence electrons. The number of carboxylic acids is 1. The van der Waals surface area contributed by atoms with Gasteiger partial charge in [0.25, 0.3) is 0 Å². The maximum Gasteiger partial charge on any atom is 0.354 e. The Kier molecular flexibility index (Phi) is 2.24. The van der Waals surface area contributed by atoms with Crippen LogP contribution in [-0.2, 0) is 6.54 Å². The fourth-order valence-electron chi connectivity index (χ4n) is 1.28. The summed E-state index contributed by atoms with van der Waals surface area (Å²) in [4.78, 5) is 14.8. The van der Waals surface area contributed by atoms with Gasteiger partial charge in [-0.15, -0.1) is 0 Å². The number of hydrogen-bond donors (Lipinski definition) is 1. The maximum atomic E-state index is 10.9. The summed E-state index contributed by atoms with van der Waals surface area (Å²) in [5, 5.41) is 13.0. The lowest BCUT2D eigenvalue weighted by molar-refractivity contribution is 0.0683. The first-order valence-corrected chi connectivity index (χ1v) is 4.43. The van der Waals surface area contributed by atoms with Gasteiger partial charge < -0.3 is 9.52 Å². The number of oxazole rings is 1. The van der Waals surface area contributed by atoms with Gasteiger partial charge in [-0.2, -0.15) is 5.10 Å². The number of hydrogen-bond acceptors (Lipinski definition) is 4. The molecule has 0 unspecified atom stereocenters. The smallest absolute Gasteiger partial charge is 0.354 e. The topological polar surface area (TPSA) is 81.2 Å². The number of carboxylic acid groups (broad SMARTS) is 1. The summed E-state index contributed by atoms with van der Waals surface area (Å²) >= 11 is 0. The monoisotopic (exact) mass is 207 g/mol. The third kappa shape index (κ3) is 1.61. The highest BCUT2D eigenvalue weighted by atomic mass is 16.4. The largest absolute Gasteiger partial charge is 0.477 e. The molecule has 2 heterocycles. The number of aryl methyl sites for hydroxylation is 1. The molecule has 0 amide bonds. The molecule has 0 atom stereocenters. The zero-order chi connectivity index (χ0) is 10.8. The Morgan fingerprint density at radius 1 is 1.67 bits per heavy atom. The van der Waals surface area contributed by atoms with Crippen LogP contribution in [0.5, 0.6) is 0 Å². The van der Waals surface area contributed by atoms with Gasteiger partial charge in [0.15, 0.2) is 0 Å². The van der Waals surface area contributed by atoms with Crippen LogP contribution in [-0.4, -0.2) is 25.8 Å². The molecular weight excluding hydrogens is 198 g/mol. The van der Waals surface area contributed by atoms with E-state index in [1.54, 1.807) is 0 Å². The van der Waals surface area contributed by atoms with Gasteiger partial charge in [0.2, 0.25) is 5.89 Å². The Balaban J connectivity index is 2.48. The Bertz CT molecular complexity index is 473. The van der Waals surface area contributed by atoms with Crippen molar-refractivity contribution in [1.82, 2.24) is 14.8 Å². The summed E-state index contributed by atoms with van der Waals surface area (Å²) in [6.45, 7) is 2.31. The van der Waals surface area contributed by atoms with Gasteiger partial charge in [0.05, 0.1) is 6.20 Å². The zero-order valence-electron chi connectivity index (χ0n) is 8.04. The highest BCUT2D eigenvalue weighted by molar-refractivity contribution is 5.86. The van der Waals surface area contributed by atoms with E-state index < -0.39 is 5.97 Å². The second-order valence-electron chi connectivity index (χ2n) is 2.87. The molecule has 2 aromatic rings. The third-order valence-corrected chi connectivity index (χ3v) is 1.95. The van der Waals surface area contributed by atoms with E-state index >= 15 is 0 Å². The van der Waals surface area contributed by atoms with Crippen LogP contribution in [0.4, 0.5) is 0 Å². The van der Waals surface area contributed by atoms with Gasteiger partial charge in [-0.1, -0.05) is 0 Å². The molecule has 2 aromatic heterocycles. The van der Waals surface area contributed by atoms with E-state index in [2.05, 4.69) is 10.1 Å². The van der Waals surface area contributed by atoms with Crippen LogP contribution in [0, 0.1) is 0 Å². The van der Waals surface area contributed by atoms with Gasteiger partial charge in [-0.05, 0) is 6.92 Å². The maximum absolute atomic E-state index is 10.9. The standard InChI is InChI=1S/C9H9N3O3/c1-2-12-7(9(13)14)5-6(11-12)8-10-3-4-15-8/h3-5H,2H2,1H3,(H,13,14). The summed E-state index contributed by atoms with van der Waals surface area (Å²) in [5.41, 5.74) is 0.560. The van der Waals surface area contributed by atoms with E-state index in [0.717, 1.165) is 0 Å². The second kappa shape index (κ2) is 3.56. The number of nitrogens with zero attached hydrogens (tertiary/aromatic N) is 3. The quantitative estimate of drug-likeness (QED) is 0.819. The Labute approximate surface area is 85.2 Å². The Morgan fingerprint density at radius 2 is 2.47 bits per heavy atom. The van der Waals surface area contributed by atoms with Crippen molar-refractivity contribution in [1.29, 1.82) is 0 Å². The highest BCUT2D eigenvalue weighted by Crippen LogP contribution is 2.16. The zero-order valence-corrected chi connectivity index (χ0v) is 8.04. The number of rotatable bonds is 3. The van der Waals surface area contributed by atoms with Gasteiger partial charge in [0.1, 0.15) is 17.7 Å². The molecular formula is C9H9N3O3. The van der Waals surface area contributed by atoms with Crippen molar-refractivity contribution >= 4 is 5.97 Å². The van der Waals surface area contributed by atoms with E-state index in [1.807, 2.05) is 6.92 Å². The first kappa shape index (κ1) is 9.45. The molecule has 0 aliphatic heterocycles. The molecule has 1 N–H and O–H groups in total. The molecule has 0 bridgehead atoms. The summed E-state index contributed by atoms with van der Waals surface area (Å²) in [7, 11) is 0. The molecule has 2 rings (SSSR count). The van der Waals surface area contributed by atoms with Crippen LogP contribution in [0.3, 0.4) is 0 Å². The Morgan fingerprint density at radius 3 is 2.93 bits per heavy atom. The number of aromatic nitrogens is 3. The molecule has 6 heteroatoms. The summed E-state index contributed by atoms with van der Waals surface area (Å²) in [6, 6.07) is 1.44. The van der Waals surface area contributed by atoms with E-state index in [1.165, 1.54) is 23.2 Å². The van der Waals surface area contributed by atoms with E-state index in [0.29, 0.717) is 18.1 Å². The fourth-order valence-corrected chi connectivity index (χ4v) is 1.28. The van der Waals surface area contributed by atoms with Gasteiger partial charge in [0, 0.05) is 12.6 Å². The highest BCUT2D eigenvalue weighted by Gasteiger charge is 2.16. The predicted octanol–water partition coefficient (Wildman–Crippen LogP) is 1.26. The minimum atomic E-state index is -1.01. The summed E-state index contributed by atoms with van der Waals surface area (Å²) in [6.07, 6.45) is 2.90. The molecule has 6 nitrogen and oxygen atoms in total. The predicted molar refractivity (Wildman–Crippen MR) is 50.4 cm³/mol. The first-order chi connectivity index (χ1) is 7.22. The van der Waals surface area contributed by atoms with Crippen molar-refractivity contribution in [3.8, 4) is 11.6 Å². The van der Waals surface area contributed by atoms with Crippen LogP contribution in [0.1, 0.15) is 17.4 Å². The lowest BCUT2D eigenvalue weighted by atomic mass is 10.3. The van der Waals surface area contributed by atoms with Gasteiger partial charge >= 0.3 is 5.97 Å². The lowest BCUT2D eigenvalue weighted by Gasteiger charge is -1.96. The van der Waals surface area contributed by atoms with Crippen molar-refractivity contribution in [2.75, 3.05) is 0 Å². The van der Waals surface area contributed by atoms with E-state index in [9.17, 15) is 4.79 Å². The lowest BCUT2D eigenvalue weighted by Crippen LogP contribution is -2.07. The normalized spacial score (nSPS) is 10.5. The van der Waals surface area contributed by atoms with E-state index in [4.69, 9.17) is 9.52 Å². The summed E-state index contributed by atoms with van der Waals surface area (Å²) in [5.74, 6) is -0.688. The molecule has 0 saturated carbocycles. The summed E-state index contributed by atoms with van der Waals surface area (Å²) < 4.78 is 6.42. The molecule has 15 heavy (non-hydrogen) atoms. The minimum Gasteiger partial charge on any atom is -0.477 e. The number of aromatic carboxylic acids is 1. The average Bonchev–Trinajstić information content (AvgIpc) is 2.86. The van der Waals surface area contributed by atoms with Crippen molar-refractivity contribution < 1.29 is 14.3 Å². The van der Waals surface area contributed by atoms with Crippen molar-refractivity contribution in [2.24, 2.45) is 0 Å². The number of carbonyl (C=O) groups is 1. The molecule has 0 fully saturated rings. The van der Waals surface area contributed by atoms with Crippen LogP contribution < -0.4 is 0 Å². The van der Waals surface area contributed by atoms with Crippen LogP contribution in [0.2, 0.25) is 0 Å². The molecule has 0 aliphatic rings. The minimum absolute atomic E-state index is 0.130. The van der Waals surface area contributed by atoms with Gasteiger partial charge in [-0.3, -0.25) is 4.68 Å². The average molecular weight is 207 g/mol. The van der Waals surface area contributed by atoms with Crippen LogP contribution >= 0.6 is 0 Å². The molecule has 0 saturated heterocycles.